The molecule has 0 aliphatic heterocycles. The minimum Gasteiger partial charge on any atom is -0.486 e. The summed E-state index contributed by atoms with van der Waals surface area (Å²) in [6.07, 6.45) is 0. The van der Waals surface area contributed by atoms with Crippen LogP contribution in [0.2, 0.25) is 5.02 Å². The molecule has 0 saturated heterocycles. The van der Waals surface area contributed by atoms with Gasteiger partial charge < -0.3 is 24.9 Å². The van der Waals surface area contributed by atoms with E-state index in [1.807, 2.05) is 6.92 Å². The molecular formula is C21H19ClN2O6S. The predicted octanol–water partition coefficient (Wildman–Crippen LogP) is 4.33. The maximum Gasteiger partial charge on any atom is 0.341 e. The Morgan fingerprint density at radius 2 is 1.94 bits per heavy atom. The summed E-state index contributed by atoms with van der Waals surface area (Å²) in [4.78, 5) is 36.5. The van der Waals surface area contributed by atoms with Gasteiger partial charge in [-0.2, -0.15) is 0 Å². The normalized spacial score (nSPS) is 10.6. The average molecular weight is 463 g/mol. The molecule has 10 heteroatoms. The lowest BCUT2D eigenvalue weighted by atomic mass is 10.1. The number of anilines is 1. The minimum absolute atomic E-state index is 0.00776. The minimum atomic E-state index is -0.706. The highest BCUT2D eigenvalue weighted by Gasteiger charge is 2.26. The van der Waals surface area contributed by atoms with E-state index in [4.69, 9.17) is 31.2 Å². The highest BCUT2D eigenvalue weighted by atomic mass is 35.5. The summed E-state index contributed by atoms with van der Waals surface area (Å²) in [5.74, 6) is -0.957. The molecule has 3 rings (SSSR count). The Labute approximate surface area is 186 Å². The third-order valence-corrected chi connectivity index (χ3v) is 6.03. The van der Waals surface area contributed by atoms with Crippen LogP contribution in [0.3, 0.4) is 0 Å². The van der Waals surface area contributed by atoms with Gasteiger partial charge in [-0.15, -0.1) is 11.3 Å². The number of ether oxygens (including phenoxy) is 2. The molecule has 1 aromatic carbocycles. The van der Waals surface area contributed by atoms with E-state index in [9.17, 15) is 14.4 Å². The SMILES string of the molecule is COC(=O)c1c(NC(=O)c2ccc(COc3ccc(Cl)c(C)c3)o2)sc(C(N)=O)c1C. The van der Waals surface area contributed by atoms with Crippen molar-refractivity contribution in [2.45, 2.75) is 20.5 Å². The van der Waals surface area contributed by atoms with Gasteiger partial charge in [0.2, 0.25) is 0 Å². The van der Waals surface area contributed by atoms with E-state index >= 15 is 0 Å². The molecule has 8 nitrogen and oxygen atoms in total. The first-order valence-corrected chi connectivity index (χ1v) is 10.2. The number of hydrogen-bond acceptors (Lipinski definition) is 7. The van der Waals surface area contributed by atoms with Crippen LogP contribution < -0.4 is 15.8 Å². The molecule has 0 aliphatic carbocycles. The fourth-order valence-corrected chi connectivity index (χ4v) is 3.95. The molecule has 0 unspecified atom stereocenters. The zero-order valence-electron chi connectivity index (χ0n) is 16.9. The maximum absolute atomic E-state index is 12.6. The molecule has 162 valence electrons. The summed E-state index contributed by atoms with van der Waals surface area (Å²) in [6.45, 7) is 3.52. The van der Waals surface area contributed by atoms with Crippen molar-refractivity contribution < 1.29 is 28.3 Å². The summed E-state index contributed by atoms with van der Waals surface area (Å²) in [6, 6.07) is 8.34. The van der Waals surface area contributed by atoms with E-state index in [1.165, 1.54) is 13.2 Å². The van der Waals surface area contributed by atoms with Gasteiger partial charge in [0.25, 0.3) is 11.8 Å². The number of methoxy groups -OCH3 is 1. The number of carbonyl (C=O) groups is 3. The zero-order valence-corrected chi connectivity index (χ0v) is 18.5. The third-order valence-electron chi connectivity index (χ3n) is 4.38. The van der Waals surface area contributed by atoms with Crippen LogP contribution >= 0.6 is 22.9 Å². The number of nitrogens with two attached hydrogens (primary N) is 1. The molecule has 0 aliphatic rings. The van der Waals surface area contributed by atoms with Crippen molar-refractivity contribution >= 4 is 45.7 Å². The van der Waals surface area contributed by atoms with Crippen molar-refractivity contribution in [3.05, 3.63) is 68.4 Å². The van der Waals surface area contributed by atoms with Crippen molar-refractivity contribution in [1.82, 2.24) is 0 Å². The number of esters is 1. The number of thiophene rings is 1. The van der Waals surface area contributed by atoms with Gasteiger partial charge in [-0.25, -0.2) is 4.79 Å². The summed E-state index contributed by atoms with van der Waals surface area (Å²) in [5.41, 5.74) is 6.64. The van der Waals surface area contributed by atoms with Crippen molar-refractivity contribution in [3.8, 4) is 5.75 Å². The van der Waals surface area contributed by atoms with Gasteiger partial charge in [-0.1, -0.05) is 11.6 Å². The summed E-state index contributed by atoms with van der Waals surface area (Å²) in [7, 11) is 1.20. The van der Waals surface area contributed by atoms with Crippen molar-refractivity contribution in [3.63, 3.8) is 0 Å². The summed E-state index contributed by atoms with van der Waals surface area (Å²) < 4.78 is 15.9. The molecule has 3 aromatic rings. The van der Waals surface area contributed by atoms with E-state index in [-0.39, 0.29) is 27.8 Å². The number of aryl methyl sites for hydroxylation is 1. The fraction of sp³-hybridized carbons (Fsp3) is 0.190. The number of rotatable bonds is 7. The van der Waals surface area contributed by atoms with E-state index in [0.29, 0.717) is 22.1 Å². The van der Waals surface area contributed by atoms with Gasteiger partial charge in [0.1, 0.15) is 23.1 Å². The lowest BCUT2D eigenvalue weighted by Gasteiger charge is -2.06. The zero-order chi connectivity index (χ0) is 22.7. The van der Waals surface area contributed by atoms with Gasteiger partial charge in [-0.3, -0.25) is 9.59 Å². The van der Waals surface area contributed by atoms with Crippen molar-refractivity contribution in [2.24, 2.45) is 5.73 Å². The Hall–Kier alpha value is -3.30. The van der Waals surface area contributed by atoms with Crippen LogP contribution in [-0.2, 0) is 11.3 Å². The number of benzene rings is 1. The van der Waals surface area contributed by atoms with Crippen LogP contribution in [0.5, 0.6) is 5.75 Å². The summed E-state index contributed by atoms with van der Waals surface area (Å²) >= 11 is 6.89. The molecule has 31 heavy (non-hydrogen) atoms. The summed E-state index contributed by atoms with van der Waals surface area (Å²) in [5, 5.41) is 3.37. The lowest BCUT2D eigenvalue weighted by molar-refractivity contribution is 0.0601. The van der Waals surface area contributed by atoms with Crippen LogP contribution in [0.25, 0.3) is 0 Å². The van der Waals surface area contributed by atoms with Crippen LogP contribution in [0.1, 0.15) is 47.5 Å². The fourth-order valence-electron chi connectivity index (χ4n) is 2.79. The second-order valence-corrected chi connectivity index (χ2v) is 7.96. The van der Waals surface area contributed by atoms with Crippen molar-refractivity contribution in [2.75, 3.05) is 12.4 Å². The van der Waals surface area contributed by atoms with Crippen molar-refractivity contribution in [1.29, 1.82) is 0 Å². The number of carbonyl (C=O) groups excluding carboxylic acids is 3. The predicted molar refractivity (Wildman–Crippen MR) is 116 cm³/mol. The Morgan fingerprint density at radius 1 is 1.19 bits per heavy atom. The van der Waals surface area contributed by atoms with E-state index in [1.54, 1.807) is 31.2 Å². The van der Waals surface area contributed by atoms with Crippen LogP contribution in [0.4, 0.5) is 5.00 Å². The van der Waals surface area contributed by atoms with Gasteiger partial charge in [0.15, 0.2) is 5.76 Å². The largest absolute Gasteiger partial charge is 0.486 e. The molecule has 2 amide bonds. The number of hydrogen-bond donors (Lipinski definition) is 2. The first-order valence-electron chi connectivity index (χ1n) is 9.01. The molecule has 3 N–H and O–H groups in total. The molecule has 0 spiro atoms. The number of furan rings is 1. The second kappa shape index (κ2) is 9.23. The Kier molecular flexibility index (Phi) is 6.67. The Balaban J connectivity index is 1.74. The monoisotopic (exact) mass is 462 g/mol. The van der Waals surface area contributed by atoms with E-state index in [0.717, 1.165) is 16.9 Å². The standard InChI is InChI=1S/C21H19ClN2O6S/c1-10-8-12(4-6-14(10)22)29-9-13-5-7-15(30-13)19(26)24-20-16(21(27)28-3)11(2)17(31-20)18(23)25/h4-8H,9H2,1-3H3,(H2,23,25)(H,24,26). The van der Waals surface area contributed by atoms with Crippen LogP contribution in [-0.4, -0.2) is 24.9 Å². The Bertz CT molecular complexity index is 1170. The van der Waals surface area contributed by atoms with Gasteiger partial charge in [0.05, 0.1) is 17.6 Å². The highest BCUT2D eigenvalue weighted by Crippen LogP contribution is 2.34. The number of nitrogens with one attached hydrogen (secondary N) is 1. The quantitative estimate of drug-likeness (QED) is 0.504. The smallest absolute Gasteiger partial charge is 0.341 e. The molecule has 2 heterocycles. The molecule has 0 bridgehead atoms. The Morgan fingerprint density at radius 3 is 2.58 bits per heavy atom. The molecule has 2 aromatic heterocycles. The van der Waals surface area contributed by atoms with Gasteiger partial charge >= 0.3 is 5.97 Å². The van der Waals surface area contributed by atoms with E-state index < -0.39 is 17.8 Å². The maximum atomic E-state index is 12.6. The van der Waals surface area contributed by atoms with Crippen LogP contribution in [0.15, 0.2) is 34.7 Å². The molecule has 0 saturated carbocycles. The lowest BCUT2D eigenvalue weighted by Crippen LogP contribution is -2.14. The average Bonchev–Trinajstić information content (AvgIpc) is 3.33. The molecular weight excluding hydrogens is 444 g/mol. The van der Waals surface area contributed by atoms with E-state index in [2.05, 4.69) is 5.32 Å². The van der Waals surface area contributed by atoms with Crippen LogP contribution in [0, 0.1) is 13.8 Å². The first kappa shape index (κ1) is 22.4. The molecule has 0 atom stereocenters. The topological polar surface area (TPSA) is 121 Å². The molecule has 0 fully saturated rings. The molecule has 0 radical (unpaired) electrons. The second-order valence-electron chi connectivity index (χ2n) is 6.54. The van der Waals surface area contributed by atoms with Gasteiger partial charge in [0, 0.05) is 5.02 Å². The highest BCUT2D eigenvalue weighted by molar-refractivity contribution is 7.18. The number of primary amides is 1. The van der Waals surface area contributed by atoms with Gasteiger partial charge in [-0.05, 0) is 55.3 Å². The third kappa shape index (κ3) is 4.89. The number of halogens is 1. The number of amides is 2. The first-order chi connectivity index (χ1) is 14.7.